The van der Waals surface area contributed by atoms with Gasteiger partial charge in [-0.3, -0.25) is 0 Å². The van der Waals surface area contributed by atoms with Crippen LogP contribution in [0.5, 0.6) is 0 Å². The lowest BCUT2D eigenvalue weighted by molar-refractivity contribution is 0.122. The fourth-order valence-electron chi connectivity index (χ4n) is 2.31. The number of fused-ring (bicyclic) bond motifs is 1. The summed E-state index contributed by atoms with van der Waals surface area (Å²) in [6.07, 6.45) is 0. The average Bonchev–Trinajstić information content (AvgIpc) is 2.83. The van der Waals surface area contributed by atoms with Crippen molar-refractivity contribution in [2.24, 2.45) is 0 Å². The third-order valence-electron chi connectivity index (χ3n) is 3.34. The molecule has 0 unspecified atom stereocenters. The van der Waals surface area contributed by atoms with E-state index in [9.17, 15) is 0 Å². The van der Waals surface area contributed by atoms with Gasteiger partial charge in [0.2, 0.25) is 0 Å². The minimum absolute atomic E-state index is 0.522. The zero-order valence-electron chi connectivity index (χ0n) is 10.8. The van der Waals surface area contributed by atoms with Gasteiger partial charge in [0.05, 0.1) is 23.4 Å². The maximum atomic E-state index is 5.39. The van der Waals surface area contributed by atoms with E-state index in [1.165, 1.54) is 15.8 Å². The summed E-state index contributed by atoms with van der Waals surface area (Å²) in [5.41, 5.74) is 2.53. The number of para-hydroxylation sites is 1. The van der Waals surface area contributed by atoms with Crippen LogP contribution < -0.4 is 4.90 Å². The van der Waals surface area contributed by atoms with Crippen LogP contribution in [0.15, 0.2) is 18.2 Å². The van der Waals surface area contributed by atoms with Crippen molar-refractivity contribution in [1.29, 1.82) is 0 Å². The zero-order valence-corrected chi connectivity index (χ0v) is 11.7. The predicted octanol–water partition coefficient (Wildman–Crippen LogP) is 3.26. The van der Waals surface area contributed by atoms with Gasteiger partial charge < -0.3 is 9.64 Å². The summed E-state index contributed by atoms with van der Waals surface area (Å²) in [6, 6.07) is 6.50. The lowest BCUT2D eigenvalue weighted by atomic mass is 10.0. The van der Waals surface area contributed by atoms with E-state index in [0.717, 1.165) is 31.4 Å². The minimum atomic E-state index is 0.522. The first-order chi connectivity index (χ1) is 8.75. The Morgan fingerprint density at radius 2 is 2.06 bits per heavy atom. The lowest BCUT2D eigenvalue weighted by Gasteiger charge is -2.25. The van der Waals surface area contributed by atoms with Gasteiger partial charge in [-0.25, -0.2) is 4.98 Å². The summed E-state index contributed by atoms with van der Waals surface area (Å²) in [7, 11) is 0. The van der Waals surface area contributed by atoms with Gasteiger partial charge in [-0.05, 0) is 17.5 Å². The van der Waals surface area contributed by atoms with Gasteiger partial charge in [0.25, 0.3) is 0 Å². The monoisotopic (exact) mass is 262 g/mol. The Morgan fingerprint density at radius 3 is 2.78 bits per heavy atom. The number of hydrogen-bond acceptors (Lipinski definition) is 4. The molecule has 1 fully saturated rings. The number of rotatable bonds is 2. The Bertz CT molecular complexity index is 544. The van der Waals surface area contributed by atoms with E-state index in [1.54, 1.807) is 11.3 Å². The maximum absolute atomic E-state index is 5.39. The van der Waals surface area contributed by atoms with Crippen LogP contribution in [0.25, 0.3) is 10.2 Å². The molecule has 0 spiro atoms. The number of thiazole rings is 1. The first kappa shape index (κ1) is 11.9. The van der Waals surface area contributed by atoms with Gasteiger partial charge in [0.1, 0.15) is 0 Å². The molecule has 1 aliphatic heterocycles. The summed E-state index contributed by atoms with van der Waals surface area (Å²) in [4.78, 5) is 7.18. The molecule has 0 atom stereocenters. The standard InChI is InChI=1S/C14H18N2OS/c1-10(2)11-4-3-5-12-13(11)15-14(18-12)16-6-8-17-9-7-16/h3-5,10H,6-9H2,1-2H3. The minimum Gasteiger partial charge on any atom is -0.378 e. The number of benzene rings is 1. The van der Waals surface area contributed by atoms with Crippen molar-refractivity contribution >= 4 is 26.7 Å². The highest BCUT2D eigenvalue weighted by Gasteiger charge is 2.17. The Labute approximate surface area is 111 Å². The van der Waals surface area contributed by atoms with E-state index in [4.69, 9.17) is 9.72 Å². The van der Waals surface area contributed by atoms with Crippen LogP contribution in [0.1, 0.15) is 25.3 Å². The molecule has 0 saturated carbocycles. The van der Waals surface area contributed by atoms with Gasteiger partial charge in [0.15, 0.2) is 5.13 Å². The number of aromatic nitrogens is 1. The van der Waals surface area contributed by atoms with Crippen molar-refractivity contribution in [2.75, 3.05) is 31.2 Å². The van der Waals surface area contributed by atoms with Gasteiger partial charge in [-0.15, -0.1) is 0 Å². The molecular formula is C14H18N2OS. The highest BCUT2D eigenvalue weighted by Crippen LogP contribution is 2.33. The molecule has 2 heterocycles. The smallest absolute Gasteiger partial charge is 0.186 e. The van der Waals surface area contributed by atoms with Crippen LogP contribution >= 0.6 is 11.3 Å². The van der Waals surface area contributed by atoms with Crippen LogP contribution in [0.4, 0.5) is 5.13 Å². The van der Waals surface area contributed by atoms with E-state index >= 15 is 0 Å². The van der Waals surface area contributed by atoms with Gasteiger partial charge in [0, 0.05) is 13.1 Å². The number of nitrogens with zero attached hydrogens (tertiary/aromatic N) is 2. The average molecular weight is 262 g/mol. The Hall–Kier alpha value is -1.13. The second-order valence-corrected chi connectivity index (χ2v) is 5.95. The van der Waals surface area contributed by atoms with E-state index in [1.807, 2.05) is 0 Å². The summed E-state index contributed by atoms with van der Waals surface area (Å²) < 4.78 is 6.69. The van der Waals surface area contributed by atoms with E-state index in [0.29, 0.717) is 5.92 Å². The fraction of sp³-hybridized carbons (Fsp3) is 0.500. The topological polar surface area (TPSA) is 25.4 Å². The molecule has 1 aromatic heterocycles. The number of anilines is 1. The zero-order chi connectivity index (χ0) is 12.5. The van der Waals surface area contributed by atoms with Crippen LogP contribution in [-0.2, 0) is 4.74 Å². The first-order valence-corrected chi connectivity index (χ1v) is 7.29. The summed E-state index contributed by atoms with van der Waals surface area (Å²) in [5, 5.41) is 1.14. The summed E-state index contributed by atoms with van der Waals surface area (Å²) in [5.74, 6) is 0.522. The normalized spacial score (nSPS) is 16.7. The number of morpholine rings is 1. The first-order valence-electron chi connectivity index (χ1n) is 6.48. The molecule has 4 heteroatoms. The van der Waals surface area contributed by atoms with Crippen molar-refractivity contribution in [3.63, 3.8) is 0 Å². The quantitative estimate of drug-likeness (QED) is 0.830. The third kappa shape index (κ3) is 2.10. The van der Waals surface area contributed by atoms with Gasteiger partial charge in [-0.2, -0.15) is 0 Å². The molecule has 96 valence electrons. The molecule has 2 aromatic rings. The lowest BCUT2D eigenvalue weighted by Crippen LogP contribution is -2.36. The molecular weight excluding hydrogens is 244 g/mol. The summed E-state index contributed by atoms with van der Waals surface area (Å²) >= 11 is 1.79. The highest BCUT2D eigenvalue weighted by atomic mass is 32.1. The Kier molecular flexibility index (Phi) is 3.22. The van der Waals surface area contributed by atoms with Crippen molar-refractivity contribution in [1.82, 2.24) is 4.98 Å². The SMILES string of the molecule is CC(C)c1cccc2sc(N3CCOCC3)nc12. The molecule has 0 aliphatic carbocycles. The second kappa shape index (κ2) is 4.86. The molecule has 1 saturated heterocycles. The van der Waals surface area contributed by atoms with E-state index < -0.39 is 0 Å². The van der Waals surface area contributed by atoms with Gasteiger partial charge >= 0.3 is 0 Å². The second-order valence-electron chi connectivity index (χ2n) is 4.94. The highest BCUT2D eigenvalue weighted by molar-refractivity contribution is 7.22. The Balaban J connectivity index is 2.02. The fourth-order valence-corrected chi connectivity index (χ4v) is 3.37. The molecule has 3 rings (SSSR count). The molecule has 0 radical (unpaired) electrons. The molecule has 3 nitrogen and oxygen atoms in total. The van der Waals surface area contributed by atoms with Crippen LogP contribution in [0.3, 0.4) is 0 Å². The molecule has 0 bridgehead atoms. The maximum Gasteiger partial charge on any atom is 0.186 e. The predicted molar refractivity (Wildman–Crippen MR) is 76.7 cm³/mol. The number of ether oxygens (including phenoxy) is 1. The third-order valence-corrected chi connectivity index (χ3v) is 4.42. The Morgan fingerprint density at radius 1 is 1.28 bits per heavy atom. The van der Waals surface area contributed by atoms with Crippen LogP contribution in [0, 0.1) is 0 Å². The summed E-state index contributed by atoms with van der Waals surface area (Å²) in [6.45, 7) is 7.98. The molecule has 1 aliphatic rings. The number of hydrogen-bond donors (Lipinski definition) is 0. The van der Waals surface area contributed by atoms with Crippen molar-refractivity contribution < 1.29 is 4.74 Å². The molecule has 1 aromatic carbocycles. The van der Waals surface area contributed by atoms with E-state index in [2.05, 4.69) is 36.9 Å². The van der Waals surface area contributed by atoms with Crippen LogP contribution in [-0.4, -0.2) is 31.3 Å². The van der Waals surface area contributed by atoms with Gasteiger partial charge in [-0.1, -0.05) is 37.3 Å². The molecule has 0 N–H and O–H groups in total. The largest absolute Gasteiger partial charge is 0.378 e. The molecule has 18 heavy (non-hydrogen) atoms. The van der Waals surface area contributed by atoms with Crippen molar-refractivity contribution in [3.8, 4) is 0 Å². The van der Waals surface area contributed by atoms with Crippen molar-refractivity contribution in [2.45, 2.75) is 19.8 Å². The van der Waals surface area contributed by atoms with Crippen LogP contribution in [0.2, 0.25) is 0 Å². The van der Waals surface area contributed by atoms with E-state index in [-0.39, 0.29) is 0 Å². The van der Waals surface area contributed by atoms with Crippen molar-refractivity contribution in [3.05, 3.63) is 23.8 Å². The molecule has 0 amide bonds.